The fourth-order valence-electron chi connectivity index (χ4n) is 2.68. The molecule has 1 saturated heterocycles. The van der Waals surface area contributed by atoms with Crippen LogP contribution >= 0.6 is 0 Å². The summed E-state index contributed by atoms with van der Waals surface area (Å²) in [4.78, 5) is 16.5. The van der Waals surface area contributed by atoms with Crippen LogP contribution in [0.1, 0.15) is 36.5 Å². The van der Waals surface area contributed by atoms with Crippen LogP contribution < -0.4 is 0 Å². The number of ether oxygens (including phenoxy) is 1. The number of H-pyrrole nitrogens is 1. The van der Waals surface area contributed by atoms with Crippen LogP contribution in [-0.4, -0.2) is 71.8 Å². The van der Waals surface area contributed by atoms with Gasteiger partial charge in [0.05, 0.1) is 13.2 Å². The third kappa shape index (κ3) is 4.28. The Kier molecular flexibility index (Phi) is 5.76. The van der Waals surface area contributed by atoms with Crippen molar-refractivity contribution in [3.05, 3.63) is 17.5 Å². The fourth-order valence-corrected chi connectivity index (χ4v) is 2.68. The summed E-state index contributed by atoms with van der Waals surface area (Å²) in [5, 5.41) is 7.06. The topological polar surface area (TPSA) is 61.5 Å². The van der Waals surface area contributed by atoms with Crippen LogP contribution in [-0.2, 0) is 11.2 Å². The summed E-state index contributed by atoms with van der Waals surface area (Å²) in [6, 6.07) is 2.19. The van der Waals surface area contributed by atoms with E-state index in [4.69, 9.17) is 4.74 Å². The molecule has 2 heterocycles. The second kappa shape index (κ2) is 7.56. The molecule has 0 radical (unpaired) electrons. The van der Waals surface area contributed by atoms with Gasteiger partial charge in [-0.1, -0.05) is 13.3 Å². The van der Waals surface area contributed by atoms with Crippen LogP contribution in [0.5, 0.6) is 0 Å². The molecule has 1 N–H and O–H groups in total. The predicted octanol–water partition coefficient (Wildman–Crippen LogP) is 1.15. The summed E-state index contributed by atoms with van der Waals surface area (Å²) in [5.74, 6) is -0.0197. The molecule has 0 bridgehead atoms. The number of nitrogens with one attached hydrogen (secondary N) is 1. The van der Waals surface area contributed by atoms with E-state index in [2.05, 4.69) is 28.9 Å². The average molecular weight is 294 g/mol. The van der Waals surface area contributed by atoms with E-state index in [9.17, 15) is 4.79 Å². The Morgan fingerprint density at radius 1 is 1.52 bits per heavy atom. The SMILES string of the molecule is CCCc1cc(C(=O)N(C)C[C@@H](C)N2CCOCC2)n[nH]1. The summed E-state index contributed by atoms with van der Waals surface area (Å²) in [6.07, 6.45) is 1.97. The highest BCUT2D eigenvalue weighted by Gasteiger charge is 2.22. The first-order chi connectivity index (χ1) is 10.1. The van der Waals surface area contributed by atoms with Crippen molar-refractivity contribution in [1.29, 1.82) is 0 Å². The minimum absolute atomic E-state index is 0.0197. The van der Waals surface area contributed by atoms with Gasteiger partial charge in [0, 0.05) is 38.4 Å². The number of hydrogen-bond acceptors (Lipinski definition) is 4. The Bertz CT molecular complexity index is 454. The first-order valence-corrected chi connectivity index (χ1v) is 7.73. The third-order valence-electron chi connectivity index (χ3n) is 3.92. The van der Waals surface area contributed by atoms with E-state index in [1.807, 2.05) is 13.1 Å². The molecule has 0 aliphatic carbocycles. The minimum Gasteiger partial charge on any atom is -0.379 e. The Morgan fingerprint density at radius 3 is 2.90 bits per heavy atom. The van der Waals surface area contributed by atoms with Crippen LogP contribution in [0.4, 0.5) is 0 Å². The lowest BCUT2D eigenvalue weighted by Gasteiger charge is -2.34. The number of hydrogen-bond donors (Lipinski definition) is 1. The molecule has 1 aromatic rings. The molecule has 21 heavy (non-hydrogen) atoms. The van der Waals surface area contributed by atoms with Crippen molar-refractivity contribution < 1.29 is 9.53 Å². The fraction of sp³-hybridized carbons (Fsp3) is 0.733. The van der Waals surface area contributed by atoms with Crippen LogP contribution in [0, 0.1) is 0 Å². The highest BCUT2D eigenvalue weighted by molar-refractivity contribution is 5.92. The van der Waals surface area contributed by atoms with Crippen molar-refractivity contribution in [1.82, 2.24) is 20.0 Å². The Morgan fingerprint density at radius 2 is 2.24 bits per heavy atom. The largest absolute Gasteiger partial charge is 0.379 e. The molecule has 6 heteroatoms. The van der Waals surface area contributed by atoms with E-state index in [-0.39, 0.29) is 5.91 Å². The van der Waals surface area contributed by atoms with Gasteiger partial charge in [0.15, 0.2) is 0 Å². The molecule has 118 valence electrons. The van der Waals surface area contributed by atoms with Crippen molar-refractivity contribution in [3.8, 4) is 0 Å². The van der Waals surface area contributed by atoms with E-state index >= 15 is 0 Å². The van der Waals surface area contributed by atoms with Gasteiger partial charge in [0.25, 0.3) is 5.91 Å². The lowest BCUT2D eigenvalue weighted by molar-refractivity contribution is 0.0142. The molecule has 1 atom stereocenters. The van der Waals surface area contributed by atoms with E-state index < -0.39 is 0 Å². The highest BCUT2D eigenvalue weighted by Crippen LogP contribution is 2.09. The first kappa shape index (κ1) is 16.0. The maximum absolute atomic E-state index is 12.4. The van der Waals surface area contributed by atoms with Gasteiger partial charge in [-0.3, -0.25) is 14.8 Å². The molecule has 1 aliphatic rings. The molecule has 0 saturated carbocycles. The van der Waals surface area contributed by atoms with Gasteiger partial charge in [-0.2, -0.15) is 5.10 Å². The number of morpholine rings is 1. The molecule has 0 unspecified atom stereocenters. The third-order valence-corrected chi connectivity index (χ3v) is 3.92. The van der Waals surface area contributed by atoms with Crippen LogP contribution in [0.15, 0.2) is 6.07 Å². The molecule has 1 amide bonds. The molecule has 1 fully saturated rings. The maximum Gasteiger partial charge on any atom is 0.274 e. The molecule has 1 aromatic heterocycles. The van der Waals surface area contributed by atoms with Crippen molar-refractivity contribution in [2.75, 3.05) is 39.9 Å². The summed E-state index contributed by atoms with van der Waals surface area (Å²) in [5.41, 5.74) is 1.53. The summed E-state index contributed by atoms with van der Waals surface area (Å²) in [6.45, 7) is 8.40. The van der Waals surface area contributed by atoms with Gasteiger partial charge < -0.3 is 9.64 Å². The molecule has 2 rings (SSSR count). The van der Waals surface area contributed by atoms with E-state index in [1.54, 1.807) is 4.90 Å². The zero-order valence-corrected chi connectivity index (χ0v) is 13.3. The van der Waals surface area contributed by atoms with Crippen molar-refractivity contribution in [2.45, 2.75) is 32.7 Å². The van der Waals surface area contributed by atoms with Gasteiger partial charge >= 0.3 is 0 Å². The Hall–Kier alpha value is -1.40. The van der Waals surface area contributed by atoms with Crippen LogP contribution in [0.2, 0.25) is 0 Å². The predicted molar refractivity (Wildman–Crippen MR) is 81.4 cm³/mol. The summed E-state index contributed by atoms with van der Waals surface area (Å²) >= 11 is 0. The van der Waals surface area contributed by atoms with Gasteiger partial charge in [0.2, 0.25) is 0 Å². The van der Waals surface area contributed by atoms with E-state index in [1.165, 1.54) is 0 Å². The molecule has 0 spiro atoms. The number of aryl methyl sites for hydroxylation is 1. The summed E-state index contributed by atoms with van der Waals surface area (Å²) in [7, 11) is 1.84. The number of carbonyl (C=O) groups excluding carboxylic acids is 1. The number of nitrogens with zero attached hydrogens (tertiary/aromatic N) is 3. The lowest BCUT2D eigenvalue weighted by atomic mass is 10.2. The first-order valence-electron chi connectivity index (χ1n) is 7.73. The Balaban J connectivity index is 1.88. The quantitative estimate of drug-likeness (QED) is 0.855. The van der Waals surface area contributed by atoms with Gasteiger partial charge in [-0.25, -0.2) is 0 Å². The lowest BCUT2D eigenvalue weighted by Crippen LogP contribution is -2.47. The zero-order chi connectivity index (χ0) is 15.2. The number of carbonyl (C=O) groups is 1. The average Bonchev–Trinajstić information content (AvgIpc) is 2.96. The van der Waals surface area contributed by atoms with Crippen molar-refractivity contribution >= 4 is 5.91 Å². The van der Waals surface area contributed by atoms with Crippen LogP contribution in [0.3, 0.4) is 0 Å². The molecule has 1 aliphatic heterocycles. The van der Waals surface area contributed by atoms with Crippen LogP contribution in [0.25, 0.3) is 0 Å². The highest BCUT2D eigenvalue weighted by atomic mass is 16.5. The summed E-state index contributed by atoms with van der Waals surface area (Å²) < 4.78 is 5.36. The zero-order valence-electron chi connectivity index (χ0n) is 13.3. The van der Waals surface area contributed by atoms with Crippen molar-refractivity contribution in [3.63, 3.8) is 0 Å². The molecule has 6 nitrogen and oxygen atoms in total. The number of aromatic amines is 1. The van der Waals surface area contributed by atoms with E-state index in [0.717, 1.165) is 44.8 Å². The number of amides is 1. The Labute approximate surface area is 126 Å². The standard InChI is InChI=1S/C15H26N4O2/c1-4-5-13-10-14(17-16-13)15(20)18(3)11-12(2)19-6-8-21-9-7-19/h10,12H,4-9,11H2,1-3H3,(H,16,17)/t12-/m1/s1. The molecule has 0 aromatic carbocycles. The monoisotopic (exact) mass is 294 g/mol. The van der Waals surface area contributed by atoms with Gasteiger partial charge in [-0.05, 0) is 19.4 Å². The van der Waals surface area contributed by atoms with Gasteiger partial charge in [0.1, 0.15) is 5.69 Å². The van der Waals surface area contributed by atoms with E-state index in [0.29, 0.717) is 18.3 Å². The van der Waals surface area contributed by atoms with Gasteiger partial charge in [-0.15, -0.1) is 0 Å². The normalized spacial score (nSPS) is 17.7. The molecular formula is C15H26N4O2. The van der Waals surface area contributed by atoms with Crippen molar-refractivity contribution in [2.24, 2.45) is 0 Å². The number of rotatable bonds is 6. The minimum atomic E-state index is -0.0197. The second-order valence-corrected chi connectivity index (χ2v) is 5.71. The maximum atomic E-state index is 12.4. The molecular weight excluding hydrogens is 268 g/mol. The number of likely N-dealkylation sites (N-methyl/N-ethyl adjacent to an activating group) is 1. The smallest absolute Gasteiger partial charge is 0.274 e. The second-order valence-electron chi connectivity index (χ2n) is 5.71. The number of aromatic nitrogens is 2.